The van der Waals surface area contributed by atoms with E-state index in [1.807, 2.05) is 0 Å². The smallest absolute Gasteiger partial charge is 0.235 e. The molecule has 0 saturated carbocycles. The number of carbonyl (C=O) groups excluding carboxylic acids is 1. The van der Waals surface area contributed by atoms with Gasteiger partial charge >= 0.3 is 0 Å². The van der Waals surface area contributed by atoms with Crippen LogP contribution in [0.3, 0.4) is 0 Å². The third-order valence-corrected chi connectivity index (χ3v) is 3.90. The highest BCUT2D eigenvalue weighted by Gasteiger charge is 2.24. The normalized spacial score (nSPS) is 13.5. The number of aliphatic hydroxyl groups excluding tert-OH is 1. The van der Waals surface area contributed by atoms with Crippen molar-refractivity contribution in [1.82, 2.24) is 5.32 Å². The third-order valence-electron chi connectivity index (χ3n) is 3.17. The summed E-state index contributed by atoms with van der Waals surface area (Å²) in [6.07, 6.45) is -0.966. The van der Waals surface area contributed by atoms with Crippen molar-refractivity contribution in [2.75, 3.05) is 5.88 Å². The Morgan fingerprint density at radius 3 is 2.32 bits per heavy atom. The van der Waals surface area contributed by atoms with Gasteiger partial charge in [-0.2, -0.15) is 0 Å². The van der Waals surface area contributed by atoms with Crippen molar-refractivity contribution in [2.45, 2.75) is 12.1 Å². The minimum absolute atomic E-state index is 0.188. The molecule has 2 aromatic rings. The van der Waals surface area contributed by atoms with Crippen LogP contribution in [0.2, 0.25) is 10.0 Å². The van der Waals surface area contributed by atoms with Gasteiger partial charge in [0.05, 0.1) is 6.04 Å². The lowest BCUT2D eigenvalue weighted by molar-refractivity contribution is -0.120. The number of amides is 1. The number of benzene rings is 2. The van der Waals surface area contributed by atoms with Crippen LogP contribution in [-0.2, 0) is 4.79 Å². The van der Waals surface area contributed by atoms with Crippen LogP contribution in [0, 0.1) is 0 Å². The number of halogens is 3. The van der Waals surface area contributed by atoms with Gasteiger partial charge < -0.3 is 10.4 Å². The summed E-state index contributed by atoms with van der Waals surface area (Å²) in [5.41, 5.74) is 1.32. The molecule has 0 aliphatic rings. The summed E-state index contributed by atoms with van der Waals surface area (Å²) in [7, 11) is 0. The summed E-state index contributed by atoms with van der Waals surface area (Å²) in [5.74, 6) is -0.561. The maximum Gasteiger partial charge on any atom is 0.235 e. The number of carbonyl (C=O) groups is 1. The zero-order chi connectivity index (χ0) is 16.1. The highest BCUT2D eigenvalue weighted by atomic mass is 35.5. The fourth-order valence-corrected chi connectivity index (χ4v) is 2.51. The fourth-order valence-electron chi connectivity index (χ4n) is 2.11. The van der Waals surface area contributed by atoms with Crippen molar-refractivity contribution in [3.8, 4) is 0 Å². The van der Waals surface area contributed by atoms with Crippen LogP contribution in [0.5, 0.6) is 0 Å². The molecular formula is C16H14Cl3NO2. The van der Waals surface area contributed by atoms with E-state index in [1.165, 1.54) is 0 Å². The standard InChI is InChI=1S/C16H14Cl3NO2/c17-9-14(21)20-15(10-4-6-12(18)7-5-10)16(22)11-2-1-3-13(19)8-11/h1-8,15-16,22H,9H2,(H,20,21)/t15-,16-/m1/s1. The van der Waals surface area contributed by atoms with Gasteiger partial charge in [-0.1, -0.05) is 47.5 Å². The SMILES string of the molecule is O=C(CCl)N[C@H](c1ccc(Cl)cc1)[C@H](O)c1cccc(Cl)c1. The van der Waals surface area contributed by atoms with Crippen molar-refractivity contribution < 1.29 is 9.90 Å². The average molecular weight is 359 g/mol. The van der Waals surface area contributed by atoms with Crippen molar-refractivity contribution in [1.29, 1.82) is 0 Å². The molecule has 0 aliphatic carbocycles. The summed E-state index contributed by atoms with van der Waals surface area (Å²) in [5, 5.41) is 14.4. The van der Waals surface area contributed by atoms with E-state index in [1.54, 1.807) is 48.5 Å². The van der Waals surface area contributed by atoms with Gasteiger partial charge in [0.15, 0.2) is 0 Å². The van der Waals surface area contributed by atoms with E-state index in [-0.39, 0.29) is 11.8 Å². The number of aliphatic hydroxyl groups is 1. The maximum atomic E-state index is 11.7. The second-order valence-electron chi connectivity index (χ2n) is 4.73. The van der Waals surface area contributed by atoms with E-state index in [4.69, 9.17) is 34.8 Å². The molecule has 0 aliphatic heterocycles. The van der Waals surface area contributed by atoms with E-state index < -0.39 is 12.1 Å². The Kier molecular flexibility index (Phi) is 6.09. The van der Waals surface area contributed by atoms with E-state index >= 15 is 0 Å². The molecule has 0 aromatic heterocycles. The Hall–Kier alpha value is -1.26. The van der Waals surface area contributed by atoms with E-state index in [0.717, 1.165) is 5.56 Å². The summed E-state index contributed by atoms with van der Waals surface area (Å²) in [4.78, 5) is 11.7. The van der Waals surface area contributed by atoms with Crippen LogP contribution in [0.1, 0.15) is 23.3 Å². The first-order valence-corrected chi connectivity index (χ1v) is 7.84. The van der Waals surface area contributed by atoms with Crippen molar-refractivity contribution >= 4 is 40.7 Å². The number of alkyl halides is 1. The molecule has 0 spiro atoms. The third kappa shape index (κ3) is 4.37. The van der Waals surface area contributed by atoms with Gasteiger partial charge in [-0.15, -0.1) is 11.6 Å². The molecule has 2 N–H and O–H groups in total. The van der Waals surface area contributed by atoms with E-state index in [2.05, 4.69) is 5.32 Å². The lowest BCUT2D eigenvalue weighted by Gasteiger charge is -2.25. The van der Waals surface area contributed by atoms with Gasteiger partial charge in [0.1, 0.15) is 12.0 Å². The molecular weight excluding hydrogens is 345 g/mol. The molecule has 1 amide bonds. The van der Waals surface area contributed by atoms with Crippen LogP contribution in [0.25, 0.3) is 0 Å². The minimum Gasteiger partial charge on any atom is -0.386 e. The molecule has 116 valence electrons. The molecule has 0 saturated heterocycles. The van der Waals surface area contributed by atoms with Crippen molar-refractivity contribution in [2.24, 2.45) is 0 Å². The van der Waals surface area contributed by atoms with Gasteiger partial charge in [0.2, 0.25) is 5.91 Å². The van der Waals surface area contributed by atoms with E-state index in [9.17, 15) is 9.90 Å². The molecule has 2 aromatic carbocycles. The molecule has 3 nitrogen and oxygen atoms in total. The highest BCUT2D eigenvalue weighted by Crippen LogP contribution is 2.30. The molecule has 0 unspecified atom stereocenters. The molecule has 0 radical (unpaired) electrons. The first kappa shape index (κ1) is 17.1. The van der Waals surface area contributed by atoms with Crippen LogP contribution >= 0.6 is 34.8 Å². The monoisotopic (exact) mass is 357 g/mol. The Bertz CT molecular complexity index is 646. The molecule has 22 heavy (non-hydrogen) atoms. The molecule has 0 bridgehead atoms. The number of hydrogen-bond donors (Lipinski definition) is 2. The van der Waals surface area contributed by atoms with Gasteiger partial charge in [-0.3, -0.25) is 4.79 Å². The summed E-state index contributed by atoms with van der Waals surface area (Å²) < 4.78 is 0. The van der Waals surface area contributed by atoms with Gasteiger partial charge in [-0.25, -0.2) is 0 Å². The second-order valence-corrected chi connectivity index (χ2v) is 5.87. The van der Waals surface area contributed by atoms with Crippen LogP contribution < -0.4 is 5.32 Å². The Morgan fingerprint density at radius 1 is 1.05 bits per heavy atom. The zero-order valence-corrected chi connectivity index (χ0v) is 13.7. The fraction of sp³-hybridized carbons (Fsp3) is 0.188. The topological polar surface area (TPSA) is 49.3 Å². The van der Waals surface area contributed by atoms with Crippen molar-refractivity contribution in [3.05, 3.63) is 69.7 Å². The predicted molar refractivity (Wildman–Crippen MR) is 89.5 cm³/mol. The Morgan fingerprint density at radius 2 is 1.73 bits per heavy atom. The van der Waals surface area contributed by atoms with Crippen molar-refractivity contribution in [3.63, 3.8) is 0 Å². The lowest BCUT2D eigenvalue weighted by Crippen LogP contribution is -2.33. The van der Waals surface area contributed by atoms with Gasteiger partial charge in [-0.05, 0) is 35.4 Å². The summed E-state index contributed by atoms with van der Waals surface area (Å²) >= 11 is 17.4. The van der Waals surface area contributed by atoms with Crippen LogP contribution in [0.4, 0.5) is 0 Å². The summed E-state index contributed by atoms with van der Waals surface area (Å²) in [6, 6.07) is 13.1. The molecule has 2 atom stereocenters. The number of hydrogen-bond acceptors (Lipinski definition) is 2. The van der Waals surface area contributed by atoms with Gasteiger partial charge in [0.25, 0.3) is 0 Å². The van der Waals surface area contributed by atoms with Crippen LogP contribution in [0.15, 0.2) is 48.5 Å². The first-order chi connectivity index (χ1) is 10.5. The first-order valence-electron chi connectivity index (χ1n) is 6.55. The average Bonchev–Trinajstić information content (AvgIpc) is 2.52. The predicted octanol–water partition coefficient (Wildman–Crippen LogP) is 4.12. The Balaban J connectivity index is 2.34. The molecule has 6 heteroatoms. The number of nitrogens with one attached hydrogen (secondary N) is 1. The lowest BCUT2D eigenvalue weighted by atomic mass is 9.95. The molecule has 2 rings (SSSR count). The molecule has 0 heterocycles. The zero-order valence-electron chi connectivity index (χ0n) is 11.5. The molecule has 0 fully saturated rings. The summed E-state index contributed by atoms with van der Waals surface area (Å²) in [6.45, 7) is 0. The number of rotatable bonds is 5. The maximum absolute atomic E-state index is 11.7. The largest absolute Gasteiger partial charge is 0.386 e. The minimum atomic E-state index is -0.966. The van der Waals surface area contributed by atoms with E-state index in [0.29, 0.717) is 15.6 Å². The quantitative estimate of drug-likeness (QED) is 0.790. The van der Waals surface area contributed by atoms with Crippen LogP contribution in [-0.4, -0.2) is 16.9 Å². The Labute approximate surface area is 143 Å². The highest BCUT2D eigenvalue weighted by molar-refractivity contribution is 6.30. The van der Waals surface area contributed by atoms with Gasteiger partial charge in [0, 0.05) is 10.0 Å². The second kappa shape index (κ2) is 7.84.